The first-order chi connectivity index (χ1) is 12.6. The van der Waals surface area contributed by atoms with Crippen molar-refractivity contribution in [3.8, 4) is 5.75 Å². The number of nitrogens with zero attached hydrogens (tertiary/aromatic N) is 1. The zero-order valence-corrected chi connectivity index (χ0v) is 16.1. The number of carbonyl (C=O) groups is 1. The first-order valence-electron chi connectivity index (χ1n) is 9.24. The highest BCUT2D eigenvalue weighted by atomic mass is 79.9. The monoisotopic (exact) mass is 412 g/mol. The number of carbonyl (C=O) groups excluding carboxylic acids is 1. The molecule has 0 aromatic heterocycles. The van der Waals surface area contributed by atoms with Gasteiger partial charge in [-0.2, -0.15) is 0 Å². The average molecular weight is 413 g/mol. The predicted molar refractivity (Wildman–Crippen MR) is 106 cm³/mol. The van der Waals surface area contributed by atoms with Gasteiger partial charge in [0.1, 0.15) is 11.3 Å². The predicted octanol–water partition coefficient (Wildman–Crippen LogP) is 4.38. The van der Waals surface area contributed by atoms with Gasteiger partial charge in [-0.1, -0.05) is 22.0 Å². The van der Waals surface area contributed by atoms with E-state index in [2.05, 4.69) is 33.4 Å². The van der Waals surface area contributed by atoms with Gasteiger partial charge in [0.25, 0.3) is 5.91 Å². The molecule has 5 rings (SSSR count). The summed E-state index contributed by atoms with van der Waals surface area (Å²) in [6.07, 6.45) is 4.13. The largest absolute Gasteiger partial charge is 0.493 e. The third kappa shape index (κ3) is 2.78. The maximum atomic E-state index is 13.2. The van der Waals surface area contributed by atoms with Crippen molar-refractivity contribution in [3.05, 3.63) is 52.5 Å². The van der Waals surface area contributed by atoms with Crippen molar-refractivity contribution < 1.29 is 9.53 Å². The van der Waals surface area contributed by atoms with Gasteiger partial charge in [0.2, 0.25) is 0 Å². The molecule has 5 heteroatoms. The Balaban J connectivity index is 1.35. The van der Waals surface area contributed by atoms with Crippen LogP contribution in [-0.2, 0) is 11.2 Å². The minimum atomic E-state index is -0.509. The summed E-state index contributed by atoms with van der Waals surface area (Å²) in [5, 5.41) is 3.53. The molecule has 2 aromatic carbocycles. The van der Waals surface area contributed by atoms with Gasteiger partial charge in [0.05, 0.1) is 6.61 Å². The minimum absolute atomic E-state index is 0.163. The fourth-order valence-electron chi connectivity index (χ4n) is 3.96. The number of benzene rings is 2. The fourth-order valence-corrected chi connectivity index (χ4v) is 4.22. The molecule has 134 valence electrons. The summed E-state index contributed by atoms with van der Waals surface area (Å²) in [5.74, 6) is 1.80. The molecule has 1 atom stereocenters. The Morgan fingerprint density at radius 2 is 2.00 bits per heavy atom. The molecule has 1 aliphatic carbocycles. The standard InChI is InChI=1S/C21H21BrN2O2/c22-16-4-6-17(7-5-16)24-10-9-21(20(24)25)12-15-3-8-18(11-19(15)23-21)26-13-14-1-2-14/h3-8,11,14,23H,1-2,9-10,12-13H2. The molecule has 3 aliphatic rings. The lowest BCUT2D eigenvalue weighted by Gasteiger charge is -2.24. The number of nitrogens with one attached hydrogen (secondary N) is 1. The van der Waals surface area contributed by atoms with E-state index in [0.29, 0.717) is 0 Å². The van der Waals surface area contributed by atoms with Gasteiger partial charge in [0.15, 0.2) is 0 Å². The summed E-state index contributed by atoms with van der Waals surface area (Å²) in [4.78, 5) is 15.1. The lowest BCUT2D eigenvalue weighted by molar-refractivity contribution is -0.120. The van der Waals surface area contributed by atoms with Crippen molar-refractivity contribution >= 4 is 33.2 Å². The first-order valence-corrected chi connectivity index (χ1v) is 10.0. The summed E-state index contributed by atoms with van der Waals surface area (Å²) < 4.78 is 6.92. The zero-order valence-electron chi connectivity index (χ0n) is 14.5. The minimum Gasteiger partial charge on any atom is -0.493 e. The van der Waals surface area contributed by atoms with Gasteiger partial charge < -0.3 is 15.0 Å². The number of halogens is 1. The van der Waals surface area contributed by atoms with Crippen LogP contribution in [0.15, 0.2) is 46.9 Å². The zero-order chi connectivity index (χ0) is 17.7. The van der Waals surface area contributed by atoms with Gasteiger partial charge in [-0.05, 0) is 61.1 Å². The Morgan fingerprint density at radius 1 is 1.19 bits per heavy atom. The maximum absolute atomic E-state index is 13.2. The Labute approximate surface area is 161 Å². The molecule has 1 saturated heterocycles. The highest BCUT2D eigenvalue weighted by Gasteiger charge is 2.50. The van der Waals surface area contributed by atoms with Crippen LogP contribution in [0.25, 0.3) is 0 Å². The molecule has 0 bridgehead atoms. The van der Waals surface area contributed by atoms with Crippen LogP contribution in [0.5, 0.6) is 5.75 Å². The van der Waals surface area contributed by atoms with Crippen LogP contribution >= 0.6 is 15.9 Å². The molecule has 2 aromatic rings. The number of ether oxygens (including phenoxy) is 1. The van der Waals surface area contributed by atoms with Crippen LogP contribution in [0.2, 0.25) is 0 Å². The molecular formula is C21H21BrN2O2. The SMILES string of the molecule is O=C1N(c2ccc(Br)cc2)CCC12Cc1ccc(OCC3CC3)cc1N2. The molecule has 4 nitrogen and oxygen atoms in total. The van der Waals surface area contributed by atoms with Gasteiger partial charge in [-0.25, -0.2) is 0 Å². The molecule has 2 heterocycles. The van der Waals surface area contributed by atoms with Crippen molar-refractivity contribution in [1.82, 2.24) is 0 Å². The molecule has 1 N–H and O–H groups in total. The van der Waals surface area contributed by atoms with E-state index < -0.39 is 5.54 Å². The Bertz CT molecular complexity index is 863. The lowest BCUT2D eigenvalue weighted by Crippen LogP contribution is -2.45. The van der Waals surface area contributed by atoms with E-state index in [-0.39, 0.29) is 5.91 Å². The summed E-state index contributed by atoms with van der Waals surface area (Å²) in [5.41, 5.74) is 2.70. The van der Waals surface area contributed by atoms with Crippen molar-refractivity contribution in [2.75, 3.05) is 23.4 Å². The van der Waals surface area contributed by atoms with Crippen molar-refractivity contribution in [1.29, 1.82) is 0 Å². The topological polar surface area (TPSA) is 41.6 Å². The van der Waals surface area contributed by atoms with E-state index in [9.17, 15) is 4.79 Å². The van der Waals surface area contributed by atoms with E-state index in [1.807, 2.05) is 35.2 Å². The lowest BCUT2D eigenvalue weighted by atomic mass is 9.93. The van der Waals surface area contributed by atoms with Crippen molar-refractivity contribution in [3.63, 3.8) is 0 Å². The number of fused-ring (bicyclic) bond motifs is 1. The van der Waals surface area contributed by atoms with Gasteiger partial charge in [0, 0.05) is 34.9 Å². The highest BCUT2D eigenvalue weighted by Crippen LogP contribution is 2.42. The summed E-state index contributed by atoms with van der Waals surface area (Å²) in [7, 11) is 0. The third-order valence-corrected chi connectivity index (χ3v) is 6.21. The molecule has 2 aliphatic heterocycles. The molecule has 1 amide bonds. The number of amides is 1. The van der Waals surface area contributed by atoms with Crippen LogP contribution < -0.4 is 15.0 Å². The normalized spacial score (nSPS) is 24.0. The Kier molecular flexibility index (Phi) is 3.74. The van der Waals surface area contributed by atoms with Crippen LogP contribution in [0.1, 0.15) is 24.8 Å². The quantitative estimate of drug-likeness (QED) is 0.809. The van der Waals surface area contributed by atoms with Crippen LogP contribution in [0.4, 0.5) is 11.4 Å². The molecule has 0 radical (unpaired) electrons. The van der Waals surface area contributed by atoms with Gasteiger partial charge in [-0.15, -0.1) is 0 Å². The molecule has 1 spiro atoms. The van der Waals surface area contributed by atoms with Crippen molar-refractivity contribution in [2.24, 2.45) is 5.92 Å². The van der Waals surface area contributed by atoms with E-state index >= 15 is 0 Å². The molecule has 1 saturated carbocycles. The molecular weight excluding hydrogens is 392 g/mol. The number of rotatable bonds is 4. The molecule has 1 unspecified atom stereocenters. The second-order valence-corrected chi connectivity index (χ2v) is 8.56. The van der Waals surface area contributed by atoms with E-state index in [1.165, 1.54) is 18.4 Å². The molecule has 2 fully saturated rings. The van der Waals surface area contributed by atoms with Gasteiger partial charge >= 0.3 is 0 Å². The van der Waals surface area contributed by atoms with E-state index in [1.54, 1.807) is 0 Å². The Hall–Kier alpha value is -2.01. The Morgan fingerprint density at radius 3 is 2.77 bits per heavy atom. The smallest absolute Gasteiger partial charge is 0.253 e. The molecule has 26 heavy (non-hydrogen) atoms. The second kappa shape index (κ2) is 6.02. The van der Waals surface area contributed by atoms with E-state index in [0.717, 1.165) is 53.5 Å². The summed E-state index contributed by atoms with van der Waals surface area (Å²) in [6, 6.07) is 14.1. The van der Waals surface area contributed by atoms with Crippen LogP contribution in [0.3, 0.4) is 0 Å². The van der Waals surface area contributed by atoms with Crippen molar-refractivity contribution in [2.45, 2.75) is 31.2 Å². The number of hydrogen-bond donors (Lipinski definition) is 1. The highest BCUT2D eigenvalue weighted by molar-refractivity contribution is 9.10. The van der Waals surface area contributed by atoms with E-state index in [4.69, 9.17) is 4.74 Å². The first kappa shape index (κ1) is 16.2. The maximum Gasteiger partial charge on any atom is 0.253 e. The van der Waals surface area contributed by atoms with Crippen LogP contribution in [-0.4, -0.2) is 24.6 Å². The number of anilines is 2. The average Bonchev–Trinajstić information content (AvgIpc) is 3.33. The summed E-state index contributed by atoms with van der Waals surface area (Å²) >= 11 is 3.45. The van der Waals surface area contributed by atoms with Gasteiger partial charge in [-0.3, -0.25) is 4.79 Å². The van der Waals surface area contributed by atoms with Crippen LogP contribution in [0, 0.1) is 5.92 Å². The summed E-state index contributed by atoms with van der Waals surface area (Å²) in [6.45, 7) is 1.55. The fraction of sp³-hybridized carbons (Fsp3) is 0.381. The number of hydrogen-bond acceptors (Lipinski definition) is 3. The second-order valence-electron chi connectivity index (χ2n) is 7.64. The third-order valence-electron chi connectivity index (χ3n) is 5.69.